The highest BCUT2D eigenvalue weighted by atomic mass is 35.5. The summed E-state index contributed by atoms with van der Waals surface area (Å²) >= 11 is 7.58. The van der Waals surface area contributed by atoms with E-state index in [2.05, 4.69) is 16.1 Å². The first-order chi connectivity index (χ1) is 16.6. The maximum Gasteiger partial charge on any atom is 0.227 e. The van der Waals surface area contributed by atoms with E-state index in [0.29, 0.717) is 28.6 Å². The van der Waals surface area contributed by atoms with Gasteiger partial charge in [0.25, 0.3) is 0 Å². The van der Waals surface area contributed by atoms with E-state index in [1.807, 2.05) is 66.9 Å². The Morgan fingerprint density at radius 3 is 2.71 bits per heavy atom. The number of allylic oxidation sites excluding steroid dienone is 1. The van der Waals surface area contributed by atoms with Crippen molar-refractivity contribution in [3.63, 3.8) is 0 Å². The van der Waals surface area contributed by atoms with Crippen LogP contribution in [-0.2, 0) is 23.6 Å². The highest BCUT2D eigenvalue weighted by Gasteiger charge is 2.25. The number of nitrogens with zero attached hydrogens (tertiary/aromatic N) is 2. The molecule has 0 saturated carbocycles. The van der Waals surface area contributed by atoms with E-state index in [-0.39, 0.29) is 12.4 Å². The molecule has 0 saturated heterocycles. The van der Waals surface area contributed by atoms with Crippen LogP contribution in [0.2, 0.25) is 5.02 Å². The Balaban J connectivity index is 1.41. The molecule has 2 heterocycles. The van der Waals surface area contributed by atoms with E-state index in [1.54, 1.807) is 0 Å². The lowest BCUT2D eigenvalue weighted by molar-refractivity contribution is -0.112. The van der Waals surface area contributed by atoms with E-state index < -0.39 is 6.29 Å². The van der Waals surface area contributed by atoms with Gasteiger partial charge in [0.1, 0.15) is 11.6 Å². The first-order valence-corrected chi connectivity index (χ1v) is 12.2. The smallest absolute Gasteiger partial charge is 0.227 e. The number of fused-ring (bicyclic) bond motifs is 1. The molecule has 0 spiro atoms. The van der Waals surface area contributed by atoms with Gasteiger partial charge in [0.15, 0.2) is 5.16 Å². The minimum atomic E-state index is -0.526. The third-order valence-corrected chi connectivity index (χ3v) is 6.81. The second-order valence-electron chi connectivity index (χ2n) is 7.85. The van der Waals surface area contributed by atoms with Gasteiger partial charge in [0.05, 0.1) is 18.5 Å². The third kappa shape index (κ3) is 4.75. The number of ether oxygens (including phenoxy) is 2. The molecule has 0 amide bonds. The van der Waals surface area contributed by atoms with Crippen LogP contribution in [0.25, 0.3) is 11.3 Å². The molecule has 34 heavy (non-hydrogen) atoms. The monoisotopic (exact) mass is 492 g/mol. The number of aromatic nitrogens is 2. The highest BCUT2D eigenvalue weighted by Crippen LogP contribution is 2.39. The molecule has 1 atom stereocenters. The van der Waals surface area contributed by atoms with Crippen molar-refractivity contribution >= 4 is 23.4 Å². The average molecular weight is 493 g/mol. The Morgan fingerprint density at radius 1 is 1.15 bits per heavy atom. The summed E-state index contributed by atoms with van der Waals surface area (Å²) in [6, 6.07) is 20.4. The number of halogens is 2. The summed E-state index contributed by atoms with van der Waals surface area (Å²) in [4.78, 5) is 4.63. The molecule has 3 aromatic carbocycles. The SMILES string of the molecule is C=CCn1c(-c2ccc(Cl)cc2)cnc1SCc1cc(F)cc2c1O[C@@H](c1ccccc1)OC2. The second kappa shape index (κ2) is 10.1. The maximum absolute atomic E-state index is 14.4. The van der Waals surface area contributed by atoms with Crippen molar-refractivity contribution in [3.8, 4) is 17.0 Å². The van der Waals surface area contributed by atoms with Crippen LogP contribution in [0.1, 0.15) is 23.0 Å². The molecule has 5 rings (SSSR count). The lowest BCUT2D eigenvalue weighted by Gasteiger charge is -2.28. The van der Waals surface area contributed by atoms with Crippen LogP contribution < -0.4 is 4.74 Å². The number of hydrogen-bond acceptors (Lipinski definition) is 4. The first kappa shape index (κ1) is 22.7. The molecule has 0 bridgehead atoms. The van der Waals surface area contributed by atoms with Crippen molar-refractivity contribution in [2.75, 3.05) is 0 Å². The zero-order valence-electron chi connectivity index (χ0n) is 18.3. The molecule has 4 nitrogen and oxygen atoms in total. The van der Waals surface area contributed by atoms with E-state index in [0.717, 1.165) is 27.5 Å². The normalized spacial score (nSPS) is 14.9. The standard InChI is InChI=1S/C27H22ClFN2O2S/c1-2-12-31-24(18-8-10-22(28)11-9-18)15-30-27(31)34-17-21-14-23(29)13-20-16-32-26(33-25(20)21)19-6-4-3-5-7-19/h2-11,13-15,26H,1,12,16-17H2/t26-/m0/s1. The summed E-state index contributed by atoms with van der Waals surface area (Å²) in [5.41, 5.74) is 4.38. The van der Waals surface area contributed by atoms with Crippen molar-refractivity contribution in [1.29, 1.82) is 0 Å². The fourth-order valence-electron chi connectivity index (χ4n) is 3.93. The lowest BCUT2D eigenvalue weighted by atomic mass is 10.1. The zero-order chi connectivity index (χ0) is 23.5. The summed E-state index contributed by atoms with van der Waals surface area (Å²) in [6.07, 6.45) is 3.15. The lowest BCUT2D eigenvalue weighted by Crippen LogP contribution is -2.19. The van der Waals surface area contributed by atoms with Crippen molar-refractivity contribution in [2.24, 2.45) is 0 Å². The molecule has 7 heteroatoms. The fourth-order valence-corrected chi connectivity index (χ4v) is 5.01. The minimum Gasteiger partial charge on any atom is -0.460 e. The van der Waals surface area contributed by atoms with Gasteiger partial charge < -0.3 is 14.0 Å². The topological polar surface area (TPSA) is 36.3 Å². The van der Waals surface area contributed by atoms with Crippen LogP contribution in [0.4, 0.5) is 4.39 Å². The van der Waals surface area contributed by atoms with E-state index >= 15 is 0 Å². The number of imidazole rings is 1. The van der Waals surface area contributed by atoms with Crippen LogP contribution >= 0.6 is 23.4 Å². The Labute approximate surface area is 207 Å². The van der Waals surface area contributed by atoms with Gasteiger partial charge >= 0.3 is 0 Å². The quantitative estimate of drug-likeness (QED) is 0.198. The minimum absolute atomic E-state index is 0.288. The summed E-state index contributed by atoms with van der Waals surface area (Å²) in [5.74, 6) is 0.861. The van der Waals surface area contributed by atoms with Gasteiger partial charge in [0.2, 0.25) is 6.29 Å². The third-order valence-electron chi connectivity index (χ3n) is 5.52. The van der Waals surface area contributed by atoms with Gasteiger partial charge in [-0.3, -0.25) is 0 Å². The van der Waals surface area contributed by atoms with Gasteiger partial charge in [-0.1, -0.05) is 71.9 Å². The van der Waals surface area contributed by atoms with Crippen LogP contribution in [-0.4, -0.2) is 9.55 Å². The fraction of sp³-hybridized carbons (Fsp3) is 0.148. The molecule has 0 N–H and O–H groups in total. The Kier molecular flexibility index (Phi) is 6.72. The predicted molar refractivity (Wildman–Crippen MR) is 133 cm³/mol. The van der Waals surface area contributed by atoms with Crippen molar-refractivity contribution in [2.45, 2.75) is 30.4 Å². The first-order valence-electron chi connectivity index (χ1n) is 10.8. The van der Waals surface area contributed by atoms with Gasteiger partial charge in [-0.25, -0.2) is 9.37 Å². The maximum atomic E-state index is 14.4. The molecular weight excluding hydrogens is 471 g/mol. The number of rotatable bonds is 7. The zero-order valence-corrected chi connectivity index (χ0v) is 19.9. The van der Waals surface area contributed by atoms with Gasteiger partial charge in [-0.15, -0.1) is 6.58 Å². The van der Waals surface area contributed by atoms with Crippen molar-refractivity contribution < 1.29 is 13.9 Å². The predicted octanol–water partition coefficient (Wildman–Crippen LogP) is 7.43. The van der Waals surface area contributed by atoms with Gasteiger partial charge in [-0.2, -0.15) is 0 Å². The Bertz CT molecular complexity index is 1310. The molecular formula is C27H22ClFN2O2S. The summed E-state index contributed by atoms with van der Waals surface area (Å²) in [7, 11) is 0. The van der Waals surface area contributed by atoms with E-state index in [4.69, 9.17) is 21.1 Å². The van der Waals surface area contributed by atoms with E-state index in [9.17, 15) is 4.39 Å². The molecule has 0 aliphatic carbocycles. The van der Waals surface area contributed by atoms with Gasteiger partial charge in [-0.05, 0) is 29.8 Å². The van der Waals surface area contributed by atoms with E-state index in [1.165, 1.54) is 23.9 Å². The number of thioether (sulfide) groups is 1. The molecule has 172 valence electrons. The summed E-state index contributed by atoms with van der Waals surface area (Å²) in [6.45, 7) is 4.77. The molecule has 1 aromatic heterocycles. The summed E-state index contributed by atoms with van der Waals surface area (Å²) < 4.78 is 28.5. The van der Waals surface area contributed by atoms with Crippen LogP contribution in [0.5, 0.6) is 5.75 Å². The molecule has 4 aromatic rings. The molecule has 0 radical (unpaired) electrons. The average Bonchev–Trinajstić information content (AvgIpc) is 3.26. The highest BCUT2D eigenvalue weighted by molar-refractivity contribution is 7.98. The number of hydrogen-bond donors (Lipinski definition) is 0. The Hall–Kier alpha value is -3.06. The van der Waals surface area contributed by atoms with Crippen LogP contribution in [0.15, 0.2) is 90.7 Å². The Morgan fingerprint density at radius 2 is 1.94 bits per heavy atom. The van der Waals surface area contributed by atoms with Gasteiger partial charge in [0, 0.05) is 34.0 Å². The second-order valence-corrected chi connectivity index (χ2v) is 9.22. The molecule has 0 unspecified atom stereocenters. The van der Waals surface area contributed by atoms with Crippen molar-refractivity contribution in [1.82, 2.24) is 9.55 Å². The molecule has 0 fully saturated rings. The largest absolute Gasteiger partial charge is 0.460 e. The molecule has 1 aliphatic rings. The van der Waals surface area contributed by atoms with Crippen LogP contribution in [0, 0.1) is 5.82 Å². The van der Waals surface area contributed by atoms with Crippen molar-refractivity contribution in [3.05, 3.63) is 113 Å². The summed E-state index contributed by atoms with van der Waals surface area (Å²) in [5, 5.41) is 1.50. The van der Waals surface area contributed by atoms with Crippen LogP contribution in [0.3, 0.4) is 0 Å². The number of benzene rings is 3. The molecule has 1 aliphatic heterocycles.